The Kier molecular flexibility index (Phi) is 3.72. The summed E-state index contributed by atoms with van der Waals surface area (Å²) in [7, 11) is 0. The van der Waals surface area contributed by atoms with Crippen LogP contribution in [0.2, 0.25) is 0 Å². The highest BCUT2D eigenvalue weighted by molar-refractivity contribution is 5.30. The quantitative estimate of drug-likeness (QED) is 0.835. The molecule has 1 aliphatic rings. The summed E-state index contributed by atoms with van der Waals surface area (Å²) in [6.45, 7) is 4.92. The van der Waals surface area contributed by atoms with Gasteiger partial charge in [-0.2, -0.15) is 0 Å². The zero-order valence-corrected chi connectivity index (χ0v) is 9.89. The summed E-state index contributed by atoms with van der Waals surface area (Å²) in [4.78, 5) is 11.1. The number of piperidine rings is 1. The molecule has 16 heavy (non-hydrogen) atoms. The van der Waals surface area contributed by atoms with Gasteiger partial charge in [-0.1, -0.05) is 0 Å². The van der Waals surface area contributed by atoms with Gasteiger partial charge in [0, 0.05) is 25.0 Å². The van der Waals surface area contributed by atoms with E-state index in [4.69, 9.17) is 5.73 Å². The highest BCUT2D eigenvalue weighted by atomic mass is 15.3. The molecule has 0 aliphatic carbocycles. The van der Waals surface area contributed by atoms with E-state index in [0.717, 1.165) is 37.7 Å². The van der Waals surface area contributed by atoms with Crippen molar-refractivity contribution in [1.29, 1.82) is 0 Å². The molecule has 1 atom stereocenters. The third-order valence-corrected chi connectivity index (χ3v) is 3.16. The van der Waals surface area contributed by atoms with Gasteiger partial charge in [0.05, 0.1) is 0 Å². The van der Waals surface area contributed by atoms with Crippen molar-refractivity contribution >= 4 is 5.95 Å². The van der Waals surface area contributed by atoms with Crippen LogP contribution < -0.4 is 10.6 Å². The fraction of sp³-hybridized carbons (Fsp3) is 0.667. The van der Waals surface area contributed by atoms with Crippen LogP contribution in [0.5, 0.6) is 0 Å². The van der Waals surface area contributed by atoms with Crippen LogP contribution in [-0.2, 0) is 0 Å². The third kappa shape index (κ3) is 2.70. The summed E-state index contributed by atoms with van der Waals surface area (Å²) in [5.41, 5.74) is 6.65. The standard InChI is InChI=1S/C12H20N4/c1-10-5-7-14-12(15-10)16-8-2-3-11(9-16)4-6-13/h5,7,11H,2-4,6,8-9,13H2,1H3. The minimum Gasteiger partial charge on any atom is -0.341 e. The highest BCUT2D eigenvalue weighted by Crippen LogP contribution is 2.22. The molecule has 2 heterocycles. The summed E-state index contributed by atoms with van der Waals surface area (Å²) in [5.74, 6) is 1.59. The van der Waals surface area contributed by atoms with Gasteiger partial charge in [0.1, 0.15) is 0 Å². The molecule has 88 valence electrons. The number of aryl methyl sites for hydroxylation is 1. The Morgan fingerprint density at radius 1 is 1.56 bits per heavy atom. The van der Waals surface area contributed by atoms with Crippen molar-refractivity contribution in [3.63, 3.8) is 0 Å². The number of aromatic nitrogens is 2. The average Bonchev–Trinajstić information content (AvgIpc) is 2.30. The normalized spacial score (nSPS) is 21.1. The number of hydrogen-bond donors (Lipinski definition) is 1. The van der Waals surface area contributed by atoms with Crippen LogP contribution in [-0.4, -0.2) is 29.6 Å². The van der Waals surface area contributed by atoms with Crippen molar-refractivity contribution in [3.8, 4) is 0 Å². The number of nitrogens with zero attached hydrogens (tertiary/aromatic N) is 3. The molecule has 0 aromatic carbocycles. The second kappa shape index (κ2) is 5.25. The van der Waals surface area contributed by atoms with Gasteiger partial charge < -0.3 is 10.6 Å². The van der Waals surface area contributed by atoms with Gasteiger partial charge >= 0.3 is 0 Å². The topological polar surface area (TPSA) is 55.0 Å². The first-order valence-corrected chi connectivity index (χ1v) is 6.04. The Bertz CT molecular complexity index is 338. The van der Waals surface area contributed by atoms with Crippen molar-refractivity contribution < 1.29 is 0 Å². The van der Waals surface area contributed by atoms with Gasteiger partial charge in [-0.3, -0.25) is 0 Å². The molecule has 1 aliphatic heterocycles. The van der Waals surface area contributed by atoms with Crippen LogP contribution in [0.4, 0.5) is 5.95 Å². The van der Waals surface area contributed by atoms with Crippen molar-refractivity contribution in [2.24, 2.45) is 11.7 Å². The summed E-state index contributed by atoms with van der Waals surface area (Å²) in [5, 5.41) is 0. The van der Waals surface area contributed by atoms with Crippen LogP contribution in [0.1, 0.15) is 25.0 Å². The number of nitrogens with two attached hydrogens (primary N) is 1. The van der Waals surface area contributed by atoms with Crippen LogP contribution in [0.3, 0.4) is 0 Å². The number of hydrogen-bond acceptors (Lipinski definition) is 4. The highest BCUT2D eigenvalue weighted by Gasteiger charge is 2.20. The second-order valence-electron chi connectivity index (χ2n) is 4.53. The molecule has 2 N–H and O–H groups in total. The number of rotatable bonds is 3. The van der Waals surface area contributed by atoms with Crippen LogP contribution in [0.25, 0.3) is 0 Å². The fourth-order valence-corrected chi connectivity index (χ4v) is 2.31. The fourth-order valence-electron chi connectivity index (χ4n) is 2.31. The molecule has 1 aromatic rings. The van der Waals surface area contributed by atoms with E-state index in [1.54, 1.807) is 0 Å². The van der Waals surface area contributed by atoms with Gasteiger partial charge in [0.2, 0.25) is 5.95 Å². The molecule has 0 radical (unpaired) electrons. The molecule has 4 nitrogen and oxygen atoms in total. The van der Waals surface area contributed by atoms with Gasteiger partial charge in [-0.05, 0) is 44.7 Å². The van der Waals surface area contributed by atoms with Crippen molar-refractivity contribution in [3.05, 3.63) is 18.0 Å². The molecule has 1 saturated heterocycles. The van der Waals surface area contributed by atoms with E-state index < -0.39 is 0 Å². The first kappa shape index (κ1) is 11.3. The van der Waals surface area contributed by atoms with Crippen molar-refractivity contribution in [1.82, 2.24) is 9.97 Å². The molecule has 1 unspecified atom stereocenters. The second-order valence-corrected chi connectivity index (χ2v) is 4.53. The van der Waals surface area contributed by atoms with Crippen LogP contribution >= 0.6 is 0 Å². The molecule has 1 fully saturated rings. The maximum atomic E-state index is 5.62. The SMILES string of the molecule is Cc1ccnc(N2CCCC(CCN)C2)n1. The Labute approximate surface area is 96.9 Å². The minimum absolute atomic E-state index is 0.711. The van der Waals surface area contributed by atoms with Crippen molar-refractivity contribution in [2.75, 3.05) is 24.5 Å². The molecule has 0 spiro atoms. The lowest BCUT2D eigenvalue weighted by molar-refractivity contribution is 0.392. The Morgan fingerprint density at radius 3 is 3.19 bits per heavy atom. The molecular formula is C12H20N4. The molecule has 0 amide bonds. The smallest absolute Gasteiger partial charge is 0.225 e. The number of anilines is 1. The predicted octanol–water partition coefficient (Wildman–Crippen LogP) is 1.35. The lowest BCUT2D eigenvalue weighted by Gasteiger charge is -2.32. The van der Waals surface area contributed by atoms with E-state index >= 15 is 0 Å². The minimum atomic E-state index is 0.711. The lowest BCUT2D eigenvalue weighted by atomic mass is 9.95. The molecule has 1 aromatic heterocycles. The van der Waals surface area contributed by atoms with E-state index in [-0.39, 0.29) is 0 Å². The van der Waals surface area contributed by atoms with Crippen molar-refractivity contribution in [2.45, 2.75) is 26.2 Å². The van der Waals surface area contributed by atoms with Gasteiger partial charge in [0.25, 0.3) is 0 Å². The van der Waals surface area contributed by atoms with Crippen LogP contribution in [0.15, 0.2) is 12.3 Å². The third-order valence-electron chi connectivity index (χ3n) is 3.16. The Balaban J connectivity index is 2.03. The zero-order chi connectivity index (χ0) is 11.4. The van der Waals surface area contributed by atoms with Crippen LogP contribution in [0, 0.1) is 12.8 Å². The van der Waals surface area contributed by atoms with E-state index in [2.05, 4.69) is 14.9 Å². The zero-order valence-electron chi connectivity index (χ0n) is 9.89. The summed E-state index contributed by atoms with van der Waals surface area (Å²) >= 11 is 0. The summed E-state index contributed by atoms with van der Waals surface area (Å²) in [6, 6.07) is 1.94. The van der Waals surface area contributed by atoms with Gasteiger partial charge in [-0.25, -0.2) is 9.97 Å². The molecule has 4 heteroatoms. The average molecular weight is 220 g/mol. The molecule has 0 bridgehead atoms. The maximum Gasteiger partial charge on any atom is 0.225 e. The first-order chi connectivity index (χ1) is 7.79. The van der Waals surface area contributed by atoms with Gasteiger partial charge in [-0.15, -0.1) is 0 Å². The summed E-state index contributed by atoms with van der Waals surface area (Å²) in [6.07, 6.45) is 5.47. The predicted molar refractivity (Wildman–Crippen MR) is 65.4 cm³/mol. The van der Waals surface area contributed by atoms with E-state index in [0.29, 0.717) is 5.92 Å². The van der Waals surface area contributed by atoms with E-state index in [9.17, 15) is 0 Å². The molecular weight excluding hydrogens is 200 g/mol. The largest absolute Gasteiger partial charge is 0.341 e. The van der Waals surface area contributed by atoms with E-state index in [1.807, 2.05) is 19.2 Å². The first-order valence-electron chi connectivity index (χ1n) is 6.04. The maximum absolute atomic E-state index is 5.62. The summed E-state index contributed by atoms with van der Waals surface area (Å²) < 4.78 is 0. The Hall–Kier alpha value is -1.16. The van der Waals surface area contributed by atoms with E-state index in [1.165, 1.54) is 12.8 Å². The Morgan fingerprint density at radius 2 is 2.44 bits per heavy atom. The monoisotopic (exact) mass is 220 g/mol. The molecule has 0 saturated carbocycles. The lowest BCUT2D eigenvalue weighted by Crippen LogP contribution is -2.37. The van der Waals surface area contributed by atoms with Gasteiger partial charge in [0.15, 0.2) is 0 Å². The molecule has 2 rings (SSSR count).